The second-order valence-corrected chi connectivity index (χ2v) is 14.3. The molecule has 0 amide bonds. The van der Waals surface area contributed by atoms with E-state index >= 15 is 0 Å². The average molecular weight is 647 g/mol. The van der Waals surface area contributed by atoms with E-state index in [0.717, 1.165) is 47.0 Å². The Morgan fingerprint density at radius 1 is 0.560 bits per heavy atom. The first kappa shape index (κ1) is 29.3. The fraction of sp³-hybridized carbons (Fsp3) is 0.196. The molecule has 1 saturated carbocycles. The minimum atomic E-state index is -0.369. The number of aromatic nitrogens is 3. The molecule has 1 aromatic heterocycles. The molecule has 50 heavy (non-hydrogen) atoms. The van der Waals surface area contributed by atoms with Gasteiger partial charge in [-0.15, -0.1) is 0 Å². The molecule has 3 aliphatic carbocycles. The van der Waals surface area contributed by atoms with Crippen molar-refractivity contribution in [1.29, 1.82) is 0 Å². The molecule has 1 fully saturated rings. The third kappa shape index (κ3) is 4.34. The summed E-state index contributed by atoms with van der Waals surface area (Å²) in [5, 5.41) is 3.61. The molecule has 4 nitrogen and oxygen atoms in total. The van der Waals surface area contributed by atoms with Gasteiger partial charge in [-0.2, -0.15) is 0 Å². The van der Waals surface area contributed by atoms with Crippen molar-refractivity contribution in [3.05, 3.63) is 167 Å². The van der Waals surface area contributed by atoms with Gasteiger partial charge in [0, 0.05) is 23.1 Å². The molecule has 1 atom stereocenters. The highest BCUT2D eigenvalue weighted by atomic mass is 15.0. The topological polar surface area (TPSA) is 50.7 Å². The minimum absolute atomic E-state index is 0.211. The molecular formula is C46H38N4. The van der Waals surface area contributed by atoms with Crippen LogP contribution in [0.1, 0.15) is 73.0 Å². The maximum atomic E-state index is 5.17. The summed E-state index contributed by atoms with van der Waals surface area (Å²) in [4.78, 5) is 15.3. The van der Waals surface area contributed by atoms with Crippen LogP contribution < -0.4 is 5.32 Å². The van der Waals surface area contributed by atoms with Gasteiger partial charge in [0.2, 0.25) is 0 Å². The number of nitrogens with one attached hydrogen (secondary N) is 1. The van der Waals surface area contributed by atoms with Crippen molar-refractivity contribution in [2.45, 2.75) is 56.4 Å². The molecule has 242 valence electrons. The van der Waals surface area contributed by atoms with Gasteiger partial charge in [-0.3, -0.25) is 0 Å². The smallest absolute Gasteiger partial charge is 0.163 e. The molecule has 2 heterocycles. The lowest BCUT2D eigenvalue weighted by Crippen LogP contribution is -2.30. The van der Waals surface area contributed by atoms with E-state index in [4.69, 9.17) is 15.0 Å². The second kappa shape index (κ2) is 11.5. The van der Waals surface area contributed by atoms with Crippen LogP contribution in [0.3, 0.4) is 0 Å². The molecule has 10 rings (SSSR count). The minimum Gasteiger partial charge on any atom is -0.384 e. The highest BCUT2D eigenvalue weighted by Crippen LogP contribution is 2.63. The summed E-state index contributed by atoms with van der Waals surface area (Å²) >= 11 is 0. The van der Waals surface area contributed by atoms with Crippen LogP contribution in [0.15, 0.2) is 139 Å². The van der Waals surface area contributed by atoms with Crippen molar-refractivity contribution < 1.29 is 0 Å². The number of nitrogens with zero attached hydrogens (tertiary/aromatic N) is 3. The molecular weight excluding hydrogens is 609 g/mol. The van der Waals surface area contributed by atoms with Gasteiger partial charge in [0.1, 0.15) is 5.82 Å². The molecule has 4 aliphatic rings. The van der Waals surface area contributed by atoms with E-state index in [1.165, 1.54) is 69.4 Å². The van der Waals surface area contributed by atoms with E-state index in [1.54, 1.807) is 0 Å². The Bertz CT molecular complexity index is 2320. The number of hydrogen-bond acceptors (Lipinski definition) is 4. The summed E-state index contributed by atoms with van der Waals surface area (Å²) in [7, 11) is 0. The van der Waals surface area contributed by atoms with Gasteiger partial charge < -0.3 is 5.32 Å². The SMILES string of the molecule is CC1NC=CC2=C1c1ccc(-c3cccc(-c4nc(-c5ccccc5)nc(C5CCCCC5)n4)c3)cc1C21c2ccccc2-c2ccccc21. The number of fused-ring (bicyclic) bond motifs is 9. The fourth-order valence-electron chi connectivity index (χ4n) is 9.24. The third-order valence-corrected chi connectivity index (χ3v) is 11.5. The Balaban J connectivity index is 1.14. The molecule has 1 spiro atoms. The fourth-order valence-corrected chi connectivity index (χ4v) is 9.24. The Labute approximate surface area is 293 Å². The van der Waals surface area contributed by atoms with Crippen LogP contribution in [0.2, 0.25) is 0 Å². The number of rotatable bonds is 4. The lowest BCUT2D eigenvalue weighted by molar-refractivity contribution is 0.428. The first-order valence-electron chi connectivity index (χ1n) is 18.1. The monoisotopic (exact) mass is 646 g/mol. The van der Waals surface area contributed by atoms with Gasteiger partial charge in [-0.25, -0.2) is 15.0 Å². The predicted molar refractivity (Wildman–Crippen MR) is 202 cm³/mol. The van der Waals surface area contributed by atoms with Gasteiger partial charge >= 0.3 is 0 Å². The number of benzene rings is 5. The summed E-state index contributed by atoms with van der Waals surface area (Å²) in [5.41, 5.74) is 14.9. The van der Waals surface area contributed by atoms with Gasteiger partial charge in [0.05, 0.1) is 5.41 Å². The maximum Gasteiger partial charge on any atom is 0.163 e. The molecule has 1 unspecified atom stereocenters. The summed E-state index contributed by atoms with van der Waals surface area (Å²) in [6, 6.07) is 44.5. The zero-order chi connectivity index (χ0) is 33.2. The van der Waals surface area contributed by atoms with Crippen LogP contribution >= 0.6 is 0 Å². The number of allylic oxidation sites excluding steroid dienone is 2. The van der Waals surface area contributed by atoms with Crippen molar-refractivity contribution >= 4 is 5.57 Å². The van der Waals surface area contributed by atoms with Crippen molar-refractivity contribution in [3.8, 4) is 45.0 Å². The van der Waals surface area contributed by atoms with Crippen LogP contribution in [0.5, 0.6) is 0 Å². The zero-order valence-electron chi connectivity index (χ0n) is 28.2. The first-order chi connectivity index (χ1) is 24.7. The highest BCUT2D eigenvalue weighted by molar-refractivity contribution is 5.97. The lowest BCUT2D eigenvalue weighted by atomic mass is 9.69. The molecule has 6 aromatic rings. The van der Waals surface area contributed by atoms with E-state index in [9.17, 15) is 0 Å². The van der Waals surface area contributed by atoms with E-state index < -0.39 is 0 Å². The third-order valence-electron chi connectivity index (χ3n) is 11.5. The maximum absolute atomic E-state index is 5.17. The second-order valence-electron chi connectivity index (χ2n) is 14.3. The molecule has 1 aliphatic heterocycles. The van der Waals surface area contributed by atoms with Crippen molar-refractivity contribution in [2.24, 2.45) is 0 Å². The standard InChI is InChI=1S/C46H38N4/c1-29-42-37-24-23-33(28-41(37)46(40(42)25-26-47-29)38-21-10-8-19-35(38)36-20-9-11-22-39(36)46)32-17-12-18-34(27-32)45-49-43(30-13-4-2-5-14-30)48-44(50-45)31-15-6-3-7-16-31/h2,4-5,8-14,17-29,31,47H,3,6-7,15-16H2,1H3. The van der Waals surface area contributed by atoms with Crippen LogP contribution in [0.4, 0.5) is 0 Å². The molecule has 0 bridgehead atoms. The summed E-state index contributed by atoms with van der Waals surface area (Å²) in [6.07, 6.45) is 10.5. The lowest BCUT2D eigenvalue weighted by Gasteiger charge is -2.33. The molecule has 1 N–H and O–H groups in total. The van der Waals surface area contributed by atoms with Gasteiger partial charge in [0.15, 0.2) is 11.6 Å². The number of dihydropyridines is 1. The Hall–Kier alpha value is -5.61. The summed E-state index contributed by atoms with van der Waals surface area (Å²) in [6.45, 7) is 2.28. The molecule has 0 saturated heterocycles. The first-order valence-corrected chi connectivity index (χ1v) is 18.1. The average Bonchev–Trinajstić information content (AvgIpc) is 3.66. The summed E-state index contributed by atoms with van der Waals surface area (Å²) in [5.74, 6) is 2.82. The van der Waals surface area contributed by atoms with Gasteiger partial charge in [-0.1, -0.05) is 128 Å². The normalized spacial score (nSPS) is 18.4. The quantitative estimate of drug-likeness (QED) is 0.207. The highest BCUT2D eigenvalue weighted by Gasteiger charge is 2.53. The molecule has 0 radical (unpaired) electrons. The van der Waals surface area contributed by atoms with Gasteiger partial charge in [-0.05, 0) is 99.8 Å². The van der Waals surface area contributed by atoms with E-state index in [-0.39, 0.29) is 11.5 Å². The van der Waals surface area contributed by atoms with Crippen LogP contribution in [-0.4, -0.2) is 21.0 Å². The van der Waals surface area contributed by atoms with Crippen LogP contribution in [-0.2, 0) is 5.41 Å². The van der Waals surface area contributed by atoms with E-state index in [1.807, 2.05) is 6.07 Å². The van der Waals surface area contributed by atoms with Gasteiger partial charge in [0.25, 0.3) is 0 Å². The van der Waals surface area contributed by atoms with E-state index in [0.29, 0.717) is 5.92 Å². The van der Waals surface area contributed by atoms with Crippen LogP contribution in [0.25, 0.3) is 50.6 Å². The summed E-state index contributed by atoms with van der Waals surface area (Å²) < 4.78 is 0. The predicted octanol–water partition coefficient (Wildman–Crippen LogP) is 10.5. The Kier molecular flexibility index (Phi) is 6.74. The Morgan fingerprint density at radius 3 is 1.96 bits per heavy atom. The van der Waals surface area contributed by atoms with Crippen LogP contribution in [0, 0.1) is 0 Å². The van der Waals surface area contributed by atoms with Crippen molar-refractivity contribution in [2.75, 3.05) is 0 Å². The Morgan fingerprint density at radius 2 is 1.20 bits per heavy atom. The number of hydrogen-bond donors (Lipinski definition) is 1. The molecule has 4 heteroatoms. The largest absolute Gasteiger partial charge is 0.384 e. The van der Waals surface area contributed by atoms with E-state index in [2.05, 4.69) is 140 Å². The van der Waals surface area contributed by atoms with Crippen molar-refractivity contribution in [1.82, 2.24) is 20.3 Å². The zero-order valence-corrected chi connectivity index (χ0v) is 28.2. The van der Waals surface area contributed by atoms with Crippen molar-refractivity contribution in [3.63, 3.8) is 0 Å². The molecule has 5 aromatic carbocycles.